The number of nitrogens with one attached hydrogen (secondary N) is 1. The second-order valence-corrected chi connectivity index (χ2v) is 7.04. The van der Waals surface area contributed by atoms with Crippen LogP contribution in [0.3, 0.4) is 0 Å². The summed E-state index contributed by atoms with van der Waals surface area (Å²) in [7, 11) is 0. The Bertz CT molecular complexity index is 920. The first kappa shape index (κ1) is 18.9. The van der Waals surface area contributed by atoms with E-state index < -0.39 is 5.25 Å². The second kappa shape index (κ2) is 8.09. The number of benzene rings is 1. The molecule has 0 saturated heterocycles. The molecule has 0 saturated carbocycles. The molecule has 9 heteroatoms. The maximum Gasteiger partial charge on any atom is 0.237 e. The lowest BCUT2D eigenvalue weighted by Crippen LogP contribution is -2.23. The van der Waals surface area contributed by atoms with Gasteiger partial charge in [-0.1, -0.05) is 35.0 Å². The highest BCUT2D eigenvalue weighted by Crippen LogP contribution is 2.30. The van der Waals surface area contributed by atoms with Crippen molar-refractivity contribution in [1.82, 2.24) is 4.98 Å². The Morgan fingerprint density at radius 2 is 1.96 bits per heavy atom. The lowest BCUT2D eigenvalue weighted by atomic mass is 10.2. The Morgan fingerprint density at radius 1 is 1.28 bits per heavy atom. The van der Waals surface area contributed by atoms with Gasteiger partial charge in [0.05, 0.1) is 27.1 Å². The first-order chi connectivity index (χ1) is 11.8. The number of amides is 1. The maximum atomic E-state index is 12.3. The van der Waals surface area contributed by atoms with E-state index in [-0.39, 0.29) is 27.9 Å². The molecule has 0 aliphatic heterocycles. The summed E-state index contributed by atoms with van der Waals surface area (Å²) < 4.78 is 0. The van der Waals surface area contributed by atoms with Gasteiger partial charge in [-0.15, -0.1) is 0 Å². The van der Waals surface area contributed by atoms with E-state index in [0.29, 0.717) is 15.7 Å². The highest BCUT2D eigenvalue weighted by Gasteiger charge is 2.20. The van der Waals surface area contributed by atoms with Gasteiger partial charge in [0.1, 0.15) is 23.0 Å². The van der Waals surface area contributed by atoms with Crippen molar-refractivity contribution in [3.63, 3.8) is 0 Å². The SMILES string of the molecule is C[C@H](Sc1nc(N)c(C#N)cc1C#N)C(=O)Nc1ccc(Cl)cc1Cl. The van der Waals surface area contributed by atoms with Crippen LogP contribution in [-0.4, -0.2) is 16.1 Å². The van der Waals surface area contributed by atoms with Gasteiger partial charge in [-0.3, -0.25) is 4.79 Å². The third-order valence-corrected chi connectivity index (χ3v) is 4.75. The Morgan fingerprint density at radius 3 is 2.56 bits per heavy atom. The number of nitriles is 2. The zero-order valence-corrected chi connectivity index (χ0v) is 15.2. The van der Waals surface area contributed by atoms with Crippen molar-refractivity contribution in [1.29, 1.82) is 10.5 Å². The summed E-state index contributed by atoms with van der Waals surface area (Å²) in [5.74, 6) is -0.319. The number of pyridine rings is 1. The van der Waals surface area contributed by atoms with Crippen LogP contribution < -0.4 is 11.1 Å². The van der Waals surface area contributed by atoms with Gasteiger partial charge < -0.3 is 11.1 Å². The Balaban J connectivity index is 2.18. The Hall–Kier alpha value is -2.45. The summed E-state index contributed by atoms with van der Waals surface area (Å²) >= 11 is 12.9. The predicted octanol–water partition coefficient (Wildman–Crippen LogP) is 3.83. The van der Waals surface area contributed by atoms with E-state index in [1.54, 1.807) is 19.1 Å². The third-order valence-electron chi connectivity index (χ3n) is 3.10. The first-order valence-corrected chi connectivity index (χ1v) is 8.52. The molecule has 6 nitrogen and oxygen atoms in total. The van der Waals surface area contributed by atoms with E-state index in [1.807, 2.05) is 12.1 Å². The van der Waals surface area contributed by atoms with Gasteiger partial charge >= 0.3 is 0 Å². The monoisotopic (exact) mass is 391 g/mol. The number of thioether (sulfide) groups is 1. The van der Waals surface area contributed by atoms with Crippen molar-refractivity contribution in [2.45, 2.75) is 17.2 Å². The van der Waals surface area contributed by atoms with Crippen LogP contribution in [0.1, 0.15) is 18.1 Å². The van der Waals surface area contributed by atoms with E-state index in [0.717, 1.165) is 11.8 Å². The molecule has 1 heterocycles. The molecular formula is C16H11Cl2N5OS. The molecule has 1 aromatic heterocycles. The average molecular weight is 392 g/mol. The van der Waals surface area contributed by atoms with Gasteiger partial charge in [0.25, 0.3) is 0 Å². The highest BCUT2D eigenvalue weighted by atomic mass is 35.5. The van der Waals surface area contributed by atoms with Crippen molar-refractivity contribution in [3.05, 3.63) is 45.4 Å². The zero-order valence-electron chi connectivity index (χ0n) is 12.9. The van der Waals surface area contributed by atoms with Crippen LogP contribution in [0.25, 0.3) is 0 Å². The molecule has 3 N–H and O–H groups in total. The molecule has 1 amide bonds. The molecule has 1 aromatic carbocycles. The van der Waals surface area contributed by atoms with Gasteiger partial charge in [-0.25, -0.2) is 4.98 Å². The standard InChI is InChI=1S/C16H11Cl2N5OS/c1-8(15(24)22-13-3-2-11(17)5-12(13)18)25-16-10(7-20)4-9(6-19)14(21)23-16/h2-5,8H,1H3,(H2,21,23)(H,22,24)/t8-/m0/s1. The van der Waals surface area contributed by atoms with Crippen LogP contribution in [0.4, 0.5) is 11.5 Å². The lowest BCUT2D eigenvalue weighted by molar-refractivity contribution is -0.115. The molecule has 0 unspecified atom stereocenters. The van der Waals surface area contributed by atoms with Crippen LogP contribution in [0.5, 0.6) is 0 Å². The van der Waals surface area contributed by atoms with E-state index in [1.165, 1.54) is 12.1 Å². The van der Waals surface area contributed by atoms with Crippen LogP contribution >= 0.6 is 35.0 Å². The molecule has 0 fully saturated rings. The first-order valence-electron chi connectivity index (χ1n) is 6.89. The van der Waals surface area contributed by atoms with Gasteiger partial charge in [0.2, 0.25) is 5.91 Å². The van der Waals surface area contributed by atoms with Crippen molar-refractivity contribution >= 4 is 52.4 Å². The van der Waals surface area contributed by atoms with E-state index in [4.69, 9.17) is 34.2 Å². The van der Waals surface area contributed by atoms with Gasteiger partial charge in [0.15, 0.2) is 0 Å². The number of carbonyl (C=O) groups is 1. The number of nitrogens with zero attached hydrogens (tertiary/aromatic N) is 3. The number of nitrogen functional groups attached to an aromatic ring is 1. The fourth-order valence-electron chi connectivity index (χ4n) is 1.82. The maximum absolute atomic E-state index is 12.3. The topological polar surface area (TPSA) is 116 Å². The quantitative estimate of drug-likeness (QED) is 0.764. The molecular weight excluding hydrogens is 381 g/mol. The molecule has 0 spiro atoms. The van der Waals surface area contributed by atoms with E-state index in [9.17, 15) is 10.1 Å². The van der Waals surface area contributed by atoms with Crippen LogP contribution in [0, 0.1) is 22.7 Å². The van der Waals surface area contributed by atoms with Crippen LogP contribution in [-0.2, 0) is 4.79 Å². The van der Waals surface area contributed by atoms with E-state index >= 15 is 0 Å². The molecule has 0 radical (unpaired) electrons. The largest absolute Gasteiger partial charge is 0.383 e. The minimum atomic E-state index is -0.585. The molecule has 25 heavy (non-hydrogen) atoms. The van der Waals surface area contributed by atoms with E-state index in [2.05, 4.69) is 10.3 Å². The minimum Gasteiger partial charge on any atom is -0.383 e. The second-order valence-electron chi connectivity index (χ2n) is 4.87. The number of aromatic nitrogens is 1. The molecule has 1 atom stereocenters. The minimum absolute atomic E-state index is 0.0114. The average Bonchev–Trinajstić information content (AvgIpc) is 2.57. The number of halogens is 2. The van der Waals surface area contributed by atoms with Crippen LogP contribution in [0.2, 0.25) is 10.0 Å². The number of hydrogen-bond donors (Lipinski definition) is 2. The highest BCUT2D eigenvalue weighted by molar-refractivity contribution is 8.00. The van der Waals surface area contributed by atoms with Gasteiger partial charge in [0, 0.05) is 5.02 Å². The normalized spacial score (nSPS) is 11.2. The summed E-state index contributed by atoms with van der Waals surface area (Å²) in [4.78, 5) is 16.4. The van der Waals surface area contributed by atoms with Crippen molar-refractivity contribution < 1.29 is 4.79 Å². The molecule has 126 valence electrons. The Labute approximate surface area is 158 Å². The summed E-state index contributed by atoms with van der Waals surface area (Å²) in [6.45, 7) is 1.65. The third kappa shape index (κ3) is 4.55. The van der Waals surface area contributed by atoms with Gasteiger partial charge in [-0.05, 0) is 31.2 Å². The van der Waals surface area contributed by atoms with Crippen molar-refractivity contribution in [2.75, 3.05) is 11.1 Å². The molecule has 2 rings (SSSR count). The number of nitrogens with two attached hydrogens (primary N) is 1. The molecule has 2 aromatic rings. The Kier molecular flexibility index (Phi) is 6.11. The van der Waals surface area contributed by atoms with Crippen molar-refractivity contribution in [3.8, 4) is 12.1 Å². The van der Waals surface area contributed by atoms with Gasteiger partial charge in [-0.2, -0.15) is 10.5 Å². The molecule has 0 aliphatic rings. The number of anilines is 2. The predicted molar refractivity (Wildman–Crippen MR) is 98.5 cm³/mol. The fourth-order valence-corrected chi connectivity index (χ4v) is 3.15. The summed E-state index contributed by atoms with van der Waals surface area (Å²) in [5, 5.41) is 21.3. The number of hydrogen-bond acceptors (Lipinski definition) is 6. The number of carbonyl (C=O) groups excluding carboxylic acids is 1. The summed E-state index contributed by atoms with van der Waals surface area (Å²) in [6.07, 6.45) is 0. The smallest absolute Gasteiger partial charge is 0.237 e. The van der Waals surface area contributed by atoms with Crippen molar-refractivity contribution in [2.24, 2.45) is 0 Å². The summed E-state index contributed by atoms with van der Waals surface area (Å²) in [5.41, 5.74) is 6.40. The molecule has 0 aliphatic carbocycles. The lowest BCUT2D eigenvalue weighted by Gasteiger charge is -2.13. The fraction of sp³-hybridized carbons (Fsp3) is 0.125. The summed E-state index contributed by atoms with van der Waals surface area (Å²) in [6, 6.07) is 9.89. The number of rotatable bonds is 4. The van der Waals surface area contributed by atoms with Crippen LogP contribution in [0.15, 0.2) is 29.3 Å². The zero-order chi connectivity index (χ0) is 18.6. The molecule has 0 bridgehead atoms.